The molecule has 0 atom stereocenters. The molecule has 0 bridgehead atoms. The van der Waals surface area contributed by atoms with Crippen LogP contribution in [0, 0.1) is 5.92 Å². The lowest BCUT2D eigenvalue weighted by Crippen LogP contribution is -2.33. The maximum atomic E-state index is 6.05. The second-order valence-electron chi connectivity index (χ2n) is 5.01. The van der Waals surface area contributed by atoms with Gasteiger partial charge in [-0.25, -0.2) is 0 Å². The molecule has 1 aliphatic rings. The molecule has 20 heavy (non-hydrogen) atoms. The van der Waals surface area contributed by atoms with Gasteiger partial charge in [-0.05, 0) is 63.5 Å². The highest BCUT2D eigenvalue weighted by Crippen LogP contribution is 2.23. The molecule has 1 aromatic rings. The standard InChI is InChI=1S/C15H23ClN2O.ClH/c1-2-19-15-4-3-14(16)9-13(15)11-18-10-12-5-7-17-8-6-12;/h3-4,9,12,17-18H,2,5-8,10-11H2,1H3;1H. The van der Waals surface area contributed by atoms with Gasteiger partial charge in [0, 0.05) is 17.1 Å². The van der Waals surface area contributed by atoms with E-state index < -0.39 is 0 Å². The molecule has 1 aromatic carbocycles. The van der Waals surface area contributed by atoms with Crippen LogP contribution in [0.3, 0.4) is 0 Å². The van der Waals surface area contributed by atoms with Crippen LogP contribution in [0.1, 0.15) is 25.3 Å². The molecule has 1 heterocycles. The van der Waals surface area contributed by atoms with E-state index in [1.54, 1.807) is 0 Å². The maximum absolute atomic E-state index is 6.05. The van der Waals surface area contributed by atoms with Gasteiger partial charge in [-0.1, -0.05) is 11.6 Å². The van der Waals surface area contributed by atoms with Gasteiger partial charge in [0.1, 0.15) is 5.75 Å². The van der Waals surface area contributed by atoms with E-state index in [9.17, 15) is 0 Å². The van der Waals surface area contributed by atoms with Crippen LogP contribution in [0.25, 0.3) is 0 Å². The van der Waals surface area contributed by atoms with Crippen LogP contribution in [-0.2, 0) is 6.54 Å². The number of hydrogen-bond donors (Lipinski definition) is 2. The number of ether oxygens (including phenoxy) is 1. The Kier molecular flexibility index (Phi) is 8.31. The van der Waals surface area contributed by atoms with Gasteiger partial charge in [0.2, 0.25) is 0 Å². The highest BCUT2D eigenvalue weighted by molar-refractivity contribution is 6.30. The van der Waals surface area contributed by atoms with Crippen molar-refractivity contribution in [2.75, 3.05) is 26.2 Å². The monoisotopic (exact) mass is 318 g/mol. The molecule has 0 unspecified atom stereocenters. The zero-order valence-electron chi connectivity index (χ0n) is 12.0. The van der Waals surface area contributed by atoms with Crippen LogP contribution >= 0.6 is 24.0 Å². The highest BCUT2D eigenvalue weighted by Gasteiger charge is 2.12. The van der Waals surface area contributed by atoms with Crippen molar-refractivity contribution in [2.45, 2.75) is 26.3 Å². The van der Waals surface area contributed by atoms with Crippen LogP contribution in [0.5, 0.6) is 5.75 Å². The van der Waals surface area contributed by atoms with Gasteiger partial charge in [0.25, 0.3) is 0 Å². The Morgan fingerprint density at radius 3 is 2.80 bits per heavy atom. The molecule has 0 saturated carbocycles. The van der Waals surface area contributed by atoms with E-state index in [2.05, 4.69) is 10.6 Å². The average molecular weight is 319 g/mol. The zero-order valence-corrected chi connectivity index (χ0v) is 13.5. The van der Waals surface area contributed by atoms with E-state index in [4.69, 9.17) is 16.3 Å². The van der Waals surface area contributed by atoms with E-state index in [-0.39, 0.29) is 12.4 Å². The van der Waals surface area contributed by atoms with Crippen molar-refractivity contribution in [1.82, 2.24) is 10.6 Å². The molecule has 3 nitrogen and oxygen atoms in total. The first-order valence-corrected chi connectivity index (χ1v) is 7.50. The highest BCUT2D eigenvalue weighted by atomic mass is 35.5. The van der Waals surface area contributed by atoms with Crippen molar-refractivity contribution < 1.29 is 4.74 Å². The molecular weight excluding hydrogens is 295 g/mol. The first kappa shape index (κ1) is 17.6. The molecule has 0 amide bonds. The fraction of sp³-hybridized carbons (Fsp3) is 0.600. The second kappa shape index (κ2) is 9.46. The van der Waals surface area contributed by atoms with Crippen molar-refractivity contribution in [1.29, 1.82) is 0 Å². The Bertz CT molecular complexity index is 395. The van der Waals surface area contributed by atoms with Crippen molar-refractivity contribution in [2.24, 2.45) is 5.92 Å². The number of benzene rings is 1. The third kappa shape index (κ3) is 5.49. The minimum absolute atomic E-state index is 0. The van der Waals surface area contributed by atoms with Crippen molar-refractivity contribution in [3.05, 3.63) is 28.8 Å². The maximum Gasteiger partial charge on any atom is 0.123 e. The molecule has 2 rings (SSSR count). The summed E-state index contributed by atoms with van der Waals surface area (Å²) in [5, 5.41) is 7.69. The molecule has 1 saturated heterocycles. The van der Waals surface area contributed by atoms with E-state index in [1.807, 2.05) is 25.1 Å². The molecular formula is C15H24Cl2N2O. The SMILES string of the molecule is CCOc1ccc(Cl)cc1CNCC1CCNCC1.Cl. The second-order valence-corrected chi connectivity index (χ2v) is 5.45. The minimum atomic E-state index is 0. The summed E-state index contributed by atoms with van der Waals surface area (Å²) in [5.41, 5.74) is 1.14. The van der Waals surface area contributed by atoms with Gasteiger partial charge >= 0.3 is 0 Å². The van der Waals surface area contributed by atoms with Crippen LogP contribution in [0.2, 0.25) is 5.02 Å². The Labute approximate surface area is 132 Å². The van der Waals surface area contributed by atoms with Gasteiger partial charge in [-0.3, -0.25) is 0 Å². The van der Waals surface area contributed by atoms with Crippen molar-refractivity contribution in [3.63, 3.8) is 0 Å². The number of piperidine rings is 1. The Morgan fingerprint density at radius 1 is 1.35 bits per heavy atom. The predicted octanol–water partition coefficient (Wildman–Crippen LogP) is 3.25. The molecule has 0 spiro atoms. The van der Waals surface area contributed by atoms with E-state index in [1.165, 1.54) is 12.8 Å². The Balaban J connectivity index is 0.00000200. The molecule has 0 radical (unpaired) electrons. The lowest BCUT2D eigenvalue weighted by atomic mass is 9.98. The Morgan fingerprint density at radius 2 is 2.10 bits per heavy atom. The molecule has 5 heteroatoms. The van der Waals surface area contributed by atoms with Gasteiger partial charge in [-0.2, -0.15) is 0 Å². The van der Waals surface area contributed by atoms with Crippen LogP contribution < -0.4 is 15.4 Å². The lowest BCUT2D eigenvalue weighted by molar-refractivity contribution is 0.331. The summed E-state index contributed by atoms with van der Waals surface area (Å²) in [6.07, 6.45) is 2.53. The molecule has 0 aliphatic carbocycles. The van der Waals surface area contributed by atoms with Crippen molar-refractivity contribution in [3.8, 4) is 5.75 Å². The van der Waals surface area contributed by atoms with E-state index in [0.29, 0.717) is 6.61 Å². The topological polar surface area (TPSA) is 33.3 Å². The first-order valence-electron chi connectivity index (χ1n) is 7.12. The number of rotatable bonds is 6. The minimum Gasteiger partial charge on any atom is -0.494 e. The largest absolute Gasteiger partial charge is 0.494 e. The number of halogens is 2. The van der Waals surface area contributed by atoms with Gasteiger partial charge < -0.3 is 15.4 Å². The van der Waals surface area contributed by atoms with Crippen LogP contribution in [-0.4, -0.2) is 26.2 Å². The molecule has 1 fully saturated rings. The van der Waals surface area contributed by atoms with Crippen LogP contribution in [0.15, 0.2) is 18.2 Å². The molecule has 0 aromatic heterocycles. The van der Waals surface area contributed by atoms with E-state index >= 15 is 0 Å². The van der Waals surface area contributed by atoms with Gasteiger partial charge in [-0.15, -0.1) is 12.4 Å². The summed E-state index contributed by atoms with van der Waals surface area (Å²) in [6.45, 7) is 6.87. The molecule has 1 aliphatic heterocycles. The first-order chi connectivity index (χ1) is 9.29. The predicted molar refractivity (Wildman–Crippen MR) is 87.2 cm³/mol. The van der Waals surface area contributed by atoms with Crippen LogP contribution in [0.4, 0.5) is 0 Å². The Hall–Kier alpha value is -0.480. The van der Waals surface area contributed by atoms with Gasteiger partial charge in [0.05, 0.1) is 6.61 Å². The molecule has 2 N–H and O–H groups in total. The zero-order chi connectivity index (χ0) is 13.5. The number of hydrogen-bond acceptors (Lipinski definition) is 3. The average Bonchev–Trinajstić information content (AvgIpc) is 2.43. The summed E-state index contributed by atoms with van der Waals surface area (Å²) in [7, 11) is 0. The fourth-order valence-corrected chi connectivity index (χ4v) is 2.67. The summed E-state index contributed by atoms with van der Waals surface area (Å²) in [6, 6.07) is 5.82. The summed E-state index contributed by atoms with van der Waals surface area (Å²) in [4.78, 5) is 0. The third-order valence-electron chi connectivity index (χ3n) is 3.53. The summed E-state index contributed by atoms with van der Waals surface area (Å²) in [5.74, 6) is 1.72. The third-order valence-corrected chi connectivity index (χ3v) is 3.76. The fourth-order valence-electron chi connectivity index (χ4n) is 2.48. The molecule has 114 valence electrons. The lowest BCUT2D eigenvalue weighted by Gasteiger charge is -2.23. The number of nitrogens with one attached hydrogen (secondary N) is 2. The normalized spacial score (nSPS) is 15.7. The van der Waals surface area contributed by atoms with Crippen molar-refractivity contribution >= 4 is 24.0 Å². The summed E-state index contributed by atoms with van der Waals surface area (Å²) >= 11 is 6.05. The smallest absolute Gasteiger partial charge is 0.123 e. The quantitative estimate of drug-likeness (QED) is 0.844. The van der Waals surface area contributed by atoms with Gasteiger partial charge in [0.15, 0.2) is 0 Å². The van der Waals surface area contributed by atoms with E-state index in [0.717, 1.165) is 48.4 Å². The summed E-state index contributed by atoms with van der Waals surface area (Å²) < 4.78 is 5.63.